The van der Waals surface area contributed by atoms with E-state index in [1.54, 1.807) is 13.8 Å². The first kappa shape index (κ1) is 24.3. The van der Waals surface area contributed by atoms with E-state index >= 15 is 0 Å². The molecular weight excluding hydrogens is 430 g/mol. The second-order valence-electron chi connectivity index (χ2n) is 8.22. The van der Waals surface area contributed by atoms with Crippen molar-refractivity contribution in [2.24, 2.45) is 5.92 Å². The number of amides is 1. The zero-order chi connectivity index (χ0) is 23.1. The molecule has 0 spiro atoms. The minimum atomic E-state index is -3.66. The third-order valence-corrected chi connectivity index (χ3v) is 7.94. The van der Waals surface area contributed by atoms with Crippen LogP contribution in [0.2, 0.25) is 0 Å². The molecule has 2 heterocycles. The molecule has 1 aliphatic heterocycles. The van der Waals surface area contributed by atoms with Crippen molar-refractivity contribution >= 4 is 15.9 Å². The monoisotopic (exact) mass is 463 g/mol. The third kappa shape index (κ3) is 5.89. The van der Waals surface area contributed by atoms with Crippen LogP contribution in [0.3, 0.4) is 0 Å². The zero-order valence-electron chi connectivity index (χ0n) is 19.1. The maximum absolute atomic E-state index is 12.9. The Kier molecular flexibility index (Phi) is 8.31. The summed E-state index contributed by atoms with van der Waals surface area (Å²) in [6.07, 6.45) is 3.88. The topological polar surface area (TPSA) is 102 Å². The Balaban J connectivity index is 1.43. The SMILES string of the molecule is CCCCOc1ccc(CCNC(=O)C2CCN(S(=O)(=O)c3c(C)noc3C)CC2)cc1. The number of rotatable bonds is 10. The van der Waals surface area contributed by atoms with E-state index in [2.05, 4.69) is 17.4 Å². The van der Waals surface area contributed by atoms with Gasteiger partial charge in [-0.15, -0.1) is 0 Å². The van der Waals surface area contributed by atoms with Crippen molar-refractivity contribution in [2.75, 3.05) is 26.2 Å². The lowest BCUT2D eigenvalue weighted by Gasteiger charge is -2.30. The van der Waals surface area contributed by atoms with Gasteiger partial charge < -0.3 is 14.6 Å². The van der Waals surface area contributed by atoms with Gasteiger partial charge in [-0.3, -0.25) is 4.79 Å². The second kappa shape index (κ2) is 11.0. The summed E-state index contributed by atoms with van der Waals surface area (Å²) in [5.74, 6) is 0.965. The van der Waals surface area contributed by atoms with Crippen LogP contribution in [-0.4, -0.2) is 50.0 Å². The molecule has 9 heteroatoms. The van der Waals surface area contributed by atoms with Crippen LogP contribution in [0.1, 0.15) is 49.6 Å². The lowest BCUT2D eigenvalue weighted by Crippen LogP contribution is -2.43. The molecule has 32 heavy (non-hydrogen) atoms. The van der Waals surface area contributed by atoms with Gasteiger partial charge in [0.15, 0.2) is 5.76 Å². The summed E-state index contributed by atoms with van der Waals surface area (Å²) in [6.45, 7) is 7.24. The van der Waals surface area contributed by atoms with E-state index in [0.29, 0.717) is 43.9 Å². The van der Waals surface area contributed by atoms with Crippen LogP contribution in [0.25, 0.3) is 0 Å². The highest BCUT2D eigenvalue weighted by atomic mass is 32.2. The van der Waals surface area contributed by atoms with E-state index in [1.807, 2.05) is 24.3 Å². The summed E-state index contributed by atoms with van der Waals surface area (Å²) in [5.41, 5.74) is 1.50. The van der Waals surface area contributed by atoms with Crippen molar-refractivity contribution in [1.82, 2.24) is 14.8 Å². The van der Waals surface area contributed by atoms with Crippen molar-refractivity contribution in [3.63, 3.8) is 0 Å². The highest BCUT2D eigenvalue weighted by Crippen LogP contribution is 2.27. The number of nitrogens with zero attached hydrogens (tertiary/aromatic N) is 2. The molecule has 8 nitrogen and oxygen atoms in total. The van der Waals surface area contributed by atoms with Crippen molar-refractivity contribution in [2.45, 2.75) is 57.8 Å². The molecule has 1 aromatic carbocycles. The quantitative estimate of drug-likeness (QED) is 0.543. The number of piperidine rings is 1. The number of hydrogen-bond donors (Lipinski definition) is 1. The number of sulfonamides is 1. The predicted octanol–water partition coefficient (Wildman–Crippen LogP) is 3.23. The van der Waals surface area contributed by atoms with E-state index in [0.717, 1.165) is 37.2 Å². The van der Waals surface area contributed by atoms with Crippen molar-refractivity contribution in [3.05, 3.63) is 41.3 Å². The summed E-state index contributed by atoms with van der Waals surface area (Å²) >= 11 is 0. The number of carbonyl (C=O) groups excluding carboxylic acids is 1. The number of aromatic nitrogens is 1. The Hall–Kier alpha value is -2.39. The summed E-state index contributed by atoms with van der Waals surface area (Å²) in [6, 6.07) is 7.96. The summed E-state index contributed by atoms with van der Waals surface area (Å²) in [5, 5.41) is 6.74. The Morgan fingerprint density at radius 2 is 1.91 bits per heavy atom. The van der Waals surface area contributed by atoms with E-state index in [1.165, 1.54) is 4.31 Å². The van der Waals surface area contributed by atoms with Crippen LogP contribution in [0, 0.1) is 19.8 Å². The third-order valence-electron chi connectivity index (χ3n) is 5.79. The Morgan fingerprint density at radius 1 is 1.22 bits per heavy atom. The molecule has 0 atom stereocenters. The Labute approximate surface area is 190 Å². The molecule has 0 radical (unpaired) electrons. The van der Waals surface area contributed by atoms with Crippen LogP contribution in [0.4, 0.5) is 0 Å². The van der Waals surface area contributed by atoms with Gasteiger partial charge in [0.05, 0.1) is 6.61 Å². The molecule has 3 rings (SSSR count). The van der Waals surface area contributed by atoms with Gasteiger partial charge >= 0.3 is 0 Å². The fraction of sp³-hybridized carbons (Fsp3) is 0.565. The van der Waals surface area contributed by atoms with Gasteiger partial charge in [-0.2, -0.15) is 4.31 Å². The molecule has 0 aliphatic carbocycles. The van der Waals surface area contributed by atoms with Crippen molar-refractivity contribution in [1.29, 1.82) is 0 Å². The van der Waals surface area contributed by atoms with Crippen molar-refractivity contribution < 1.29 is 22.5 Å². The smallest absolute Gasteiger partial charge is 0.248 e. The van der Waals surface area contributed by atoms with Crippen molar-refractivity contribution in [3.8, 4) is 5.75 Å². The van der Waals surface area contributed by atoms with Gasteiger partial charge in [0.1, 0.15) is 16.3 Å². The van der Waals surface area contributed by atoms with Crippen LogP contribution < -0.4 is 10.1 Å². The molecule has 176 valence electrons. The standard InChI is InChI=1S/C23H33N3O5S/c1-4-5-16-30-21-8-6-19(7-9-21)10-13-24-23(27)20-11-14-26(15-12-20)32(28,29)22-17(2)25-31-18(22)3/h6-9,20H,4-5,10-16H2,1-3H3,(H,24,27). The number of unbranched alkanes of at least 4 members (excludes halogenated alkanes) is 1. The highest BCUT2D eigenvalue weighted by Gasteiger charge is 2.35. The van der Waals surface area contributed by atoms with E-state index in [9.17, 15) is 13.2 Å². The number of nitrogens with one attached hydrogen (secondary N) is 1. The summed E-state index contributed by atoms with van der Waals surface area (Å²) < 4.78 is 37.9. The van der Waals surface area contributed by atoms with Gasteiger partial charge in [-0.1, -0.05) is 30.6 Å². The minimum absolute atomic E-state index is 0.0149. The van der Waals surface area contributed by atoms with Crippen LogP contribution >= 0.6 is 0 Å². The lowest BCUT2D eigenvalue weighted by atomic mass is 9.97. The molecule has 2 aromatic rings. The Bertz CT molecular complexity index is 974. The molecule has 1 aliphatic rings. The molecule has 1 fully saturated rings. The van der Waals surface area contributed by atoms with Gasteiger partial charge in [-0.25, -0.2) is 8.42 Å². The first-order valence-corrected chi connectivity index (χ1v) is 12.7. The van der Waals surface area contributed by atoms with E-state index in [4.69, 9.17) is 9.26 Å². The number of benzene rings is 1. The molecule has 1 amide bonds. The van der Waals surface area contributed by atoms with Crippen LogP contribution in [0.5, 0.6) is 5.75 Å². The number of ether oxygens (including phenoxy) is 1. The molecule has 0 saturated carbocycles. The van der Waals surface area contributed by atoms with Gasteiger partial charge in [0.2, 0.25) is 15.9 Å². The summed E-state index contributed by atoms with van der Waals surface area (Å²) in [7, 11) is -3.66. The second-order valence-corrected chi connectivity index (χ2v) is 10.1. The highest BCUT2D eigenvalue weighted by molar-refractivity contribution is 7.89. The number of hydrogen-bond acceptors (Lipinski definition) is 6. The fourth-order valence-electron chi connectivity index (χ4n) is 3.89. The first-order valence-electron chi connectivity index (χ1n) is 11.3. The minimum Gasteiger partial charge on any atom is -0.494 e. The molecule has 0 unspecified atom stereocenters. The largest absolute Gasteiger partial charge is 0.494 e. The molecule has 1 N–H and O–H groups in total. The maximum Gasteiger partial charge on any atom is 0.248 e. The first-order chi connectivity index (χ1) is 15.3. The molecule has 1 saturated heterocycles. The number of carbonyl (C=O) groups is 1. The van der Waals surface area contributed by atoms with Crippen LogP contribution in [0.15, 0.2) is 33.7 Å². The van der Waals surface area contributed by atoms with Crippen LogP contribution in [-0.2, 0) is 21.2 Å². The summed E-state index contributed by atoms with van der Waals surface area (Å²) in [4.78, 5) is 12.7. The molecular formula is C23H33N3O5S. The maximum atomic E-state index is 12.9. The van der Waals surface area contributed by atoms with E-state index in [-0.39, 0.29) is 16.7 Å². The average Bonchev–Trinajstić information content (AvgIpc) is 3.13. The van der Waals surface area contributed by atoms with Gasteiger partial charge in [0, 0.05) is 25.6 Å². The fourth-order valence-corrected chi connectivity index (χ4v) is 5.65. The molecule has 0 bridgehead atoms. The molecule has 1 aromatic heterocycles. The van der Waals surface area contributed by atoms with E-state index < -0.39 is 10.0 Å². The predicted molar refractivity (Wildman–Crippen MR) is 121 cm³/mol. The lowest BCUT2D eigenvalue weighted by molar-refractivity contribution is -0.126. The zero-order valence-corrected chi connectivity index (χ0v) is 19.9. The van der Waals surface area contributed by atoms with Gasteiger partial charge in [-0.05, 0) is 57.2 Å². The Morgan fingerprint density at radius 3 is 2.50 bits per heavy atom. The normalized spacial score (nSPS) is 15.6. The number of aryl methyl sites for hydroxylation is 2. The average molecular weight is 464 g/mol. The van der Waals surface area contributed by atoms with Gasteiger partial charge in [0.25, 0.3) is 0 Å².